The predicted octanol–water partition coefficient (Wildman–Crippen LogP) is 0.564. The predicted molar refractivity (Wildman–Crippen MR) is 117 cm³/mol. The van der Waals surface area contributed by atoms with Gasteiger partial charge in [-0.05, 0) is 24.5 Å². The van der Waals surface area contributed by atoms with Crippen LogP contribution in [0.15, 0.2) is 43.0 Å². The van der Waals surface area contributed by atoms with Gasteiger partial charge in [0, 0.05) is 48.4 Å². The molecule has 0 bridgehead atoms. The number of hydrogen-bond acceptors (Lipinski definition) is 5. The van der Waals surface area contributed by atoms with Gasteiger partial charge in [-0.25, -0.2) is 9.78 Å². The molecular weight excluding hydrogens is 412 g/mol. The van der Waals surface area contributed by atoms with E-state index in [0.29, 0.717) is 25.1 Å². The number of benzene rings is 1. The molecule has 2 amide bonds. The van der Waals surface area contributed by atoms with Gasteiger partial charge in [-0.15, -0.1) is 0 Å². The maximum Gasteiger partial charge on any atom is 0.326 e. The van der Waals surface area contributed by atoms with Gasteiger partial charge in [-0.3, -0.25) is 9.59 Å². The third kappa shape index (κ3) is 4.50. The van der Waals surface area contributed by atoms with Gasteiger partial charge in [0.05, 0.1) is 12.4 Å². The highest BCUT2D eigenvalue weighted by molar-refractivity contribution is 5.93. The minimum Gasteiger partial charge on any atom is -0.480 e. The number of fused-ring (bicyclic) bond motifs is 1. The molecule has 10 nitrogen and oxygen atoms in total. The maximum absolute atomic E-state index is 13.4. The second-order valence-electron chi connectivity index (χ2n) is 8.04. The molecule has 4 rings (SSSR count). The Morgan fingerprint density at radius 2 is 2.06 bits per heavy atom. The van der Waals surface area contributed by atoms with Crippen LogP contribution in [0, 0.1) is 0 Å². The van der Waals surface area contributed by atoms with Crippen LogP contribution >= 0.6 is 0 Å². The Labute approximate surface area is 184 Å². The summed E-state index contributed by atoms with van der Waals surface area (Å²) < 4.78 is 0. The highest BCUT2D eigenvalue weighted by Crippen LogP contribution is 2.23. The van der Waals surface area contributed by atoms with E-state index < -0.39 is 35.9 Å². The van der Waals surface area contributed by atoms with E-state index in [2.05, 4.69) is 20.3 Å². The number of carbonyl (C=O) groups is 3. The first-order chi connectivity index (χ1) is 15.4. The van der Waals surface area contributed by atoms with Gasteiger partial charge in [0.25, 0.3) is 0 Å². The van der Waals surface area contributed by atoms with Crippen LogP contribution in [-0.2, 0) is 27.2 Å². The molecule has 0 radical (unpaired) electrons. The van der Waals surface area contributed by atoms with Gasteiger partial charge in [0.1, 0.15) is 12.1 Å². The number of amides is 2. The molecule has 0 saturated carbocycles. The third-order valence-electron chi connectivity index (χ3n) is 5.87. The van der Waals surface area contributed by atoms with Crippen LogP contribution in [0.1, 0.15) is 24.1 Å². The Balaban J connectivity index is 1.56. The van der Waals surface area contributed by atoms with Crippen LogP contribution < -0.4 is 11.1 Å². The monoisotopic (exact) mass is 438 g/mol. The molecule has 1 aliphatic heterocycles. The van der Waals surface area contributed by atoms with Gasteiger partial charge in [0.15, 0.2) is 0 Å². The van der Waals surface area contributed by atoms with E-state index in [1.165, 1.54) is 11.2 Å². The molecule has 1 saturated heterocycles. The van der Waals surface area contributed by atoms with Crippen LogP contribution in [0.5, 0.6) is 0 Å². The summed E-state index contributed by atoms with van der Waals surface area (Å²) >= 11 is 0. The maximum atomic E-state index is 13.4. The lowest BCUT2D eigenvalue weighted by Crippen LogP contribution is -2.55. The molecular formula is C22H26N6O4. The smallest absolute Gasteiger partial charge is 0.326 e. The largest absolute Gasteiger partial charge is 0.480 e. The zero-order valence-electron chi connectivity index (χ0n) is 17.5. The standard InChI is InChI=1S/C22H26N6O4/c23-16(9-14-11-24-12-26-14)20(29)27-18(21(30)28-7-3-6-19(28)22(31)32)8-13-10-25-17-5-2-1-4-15(13)17/h1-2,4-5,10-12,16,18-19,25H,3,6-9,23H2,(H,24,26)(H,27,29)(H,31,32)/t16-,18-,19+/m0/s1. The SMILES string of the molecule is N[C@@H](Cc1cnc[nH]1)C(=O)N[C@@H](Cc1c[nH]c2ccccc12)C(=O)N1CCC[C@@H]1C(=O)O. The van der Waals surface area contributed by atoms with E-state index >= 15 is 0 Å². The lowest BCUT2D eigenvalue weighted by atomic mass is 10.0. The number of imidazole rings is 1. The first kappa shape index (κ1) is 21.6. The average Bonchev–Trinajstić information content (AvgIpc) is 3.54. The van der Waals surface area contributed by atoms with Gasteiger partial charge >= 0.3 is 5.97 Å². The van der Waals surface area contributed by atoms with Crippen molar-refractivity contribution in [3.05, 3.63) is 54.2 Å². The number of aromatic amines is 2. The van der Waals surface area contributed by atoms with E-state index in [1.807, 2.05) is 24.3 Å². The molecule has 0 unspecified atom stereocenters. The fourth-order valence-electron chi connectivity index (χ4n) is 4.21. The Bertz CT molecular complexity index is 1110. The number of rotatable bonds is 8. The molecule has 2 aromatic heterocycles. The second kappa shape index (κ2) is 9.23. The average molecular weight is 438 g/mol. The van der Waals surface area contributed by atoms with Crippen molar-refractivity contribution < 1.29 is 19.5 Å². The Morgan fingerprint density at radius 1 is 1.25 bits per heavy atom. The molecule has 0 aliphatic carbocycles. The number of hydrogen-bond donors (Lipinski definition) is 5. The molecule has 10 heteroatoms. The minimum atomic E-state index is -1.04. The molecule has 3 atom stereocenters. The number of carboxylic acid groups (broad SMARTS) is 1. The van der Waals surface area contributed by atoms with Crippen molar-refractivity contribution in [3.8, 4) is 0 Å². The second-order valence-corrected chi connectivity index (χ2v) is 8.04. The molecule has 32 heavy (non-hydrogen) atoms. The number of nitrogens with zero attached hydrogens (tertiary/aromatic N) is 2. The summed E-state index contributed by atoms with van der Waals surface area (Å²) in [7, 11) is 0. The number of nitrogens with two attached hydrogens (primary N) is 1. The lowest BCUT2D eigenvalue weighted by Gasteiger charge is -2.28. The number of para-hydroxylation sites is 1. The quantitative estimate of drug-likeness (QED) is 0.346. The third-order valence-corrected chi connectivity index (χ3v) is 5.87. The van der Waals surface area contributed by atoms with Crippen molar-refractivity contribution in [2.75, 3.05) is 6.54 Å². The topological polar surface area (TPSA) is 157 Å². The molecule has 3 aromatic rings. The van der Waals surface area contributed by atoms with Crippen LogP contribution in [0.4, 0.5) is 0 Å². The van der Waals surface area contributed by atoms with Gasteiger partial charge in [-0.2, -0.15) is 0 Å². The molecule has 3 heterocycles. The summed E-state index contributed by atoms with van der Waals surface area (Å²) in [6.07, 6.45) is 6.35. The highest BCUT2D eigenvalue weighted by Gasteiger charge is 2.38. The molecule has 1 aliphatic rings. The van der Waals surface area contributed by atoms with Crippen molar-refractivity contribution in [1.29, 1.82) is 0 Å². The summed E-state index contributed by atoms with van der Waals surface area (Å²) in [4.78, 5) is 49.2. The van der Waals surface area contributed by atoms with Crippen LogP contribution in [0.3, 0.4) is 0 Å². The van der Waals surface area contributed by atoms with E-state index in [1.54, 1.807) is 12.4 Å². The van der Waals surface area contributed by atoms with E-state index in [4.69, 9.17) is 5.73 Å². The number of aromatic nitrogens is 3. The van der Waals surface area contributed by atoms with Gasteiger partial charge in [-0.1, -0.05) is 18.2 Å². The first-order valence-electron chi connectivity index (χ1n) is 10.6. The Hall–Kier alpha value is -3.66. The molecule has 1 fully saturated rings. The van der Waals surface area contributed by atoms with Crippen LogP contribution in [0.2, 0.25) is 0 Å². The van der Waals surface area contributed by atoms with Crippen LogP contribution in [0.25, 0.3) is 10.9 Å². The summed E-state index contributed by atoms with van der Waals surface area (Å²) in [5.74, 6) is -1.94. The molecule has 1 aromatic carbocycles. The highest BCUT2D eigenvalue weighted by atomic mass is 16.4. The summed E-state index contributed by atoms with van der Waals surface area (Å²) in [6.45, 7) is 0.344. The van der Waals surface area contributed by atoms with E-state index in [9.17, 15) is 19.5 Å². The minimum absolute atomic E-state index is 0.216. The number of H-pyrrole nitrogens is 2. The zero-order valence-corrected chi connectivity index (χ0v) is 17.5. The fourth-order valence-corrected chi connectivity index (χ4v) is 4.21. The number of carboxylic acids is 1. The van der Waals surface area contributed by atoms with E-state index in [-0.39, 0.29) is 12.8 Å². The summed E-state index contributed by atoms with van der Waals surface area (Å²) in [5, 5.41) is 13.2. The Kier molecular flexibility index (Phi) is 6.22. The lowest BCUT2D eigenvalue weighted by molar-refractivity contribution is -0.149. The molecule has 168 valence electrons. The van der Waals surface area contributed by atoms with Crippen molar-refractivity contribution in [3.63, 3.8) is 0 Å². The normalized spacial score (nSPS) is 17.9. The van der Waals surface area contributed by atoms with Crippen molar-refractivity contribution in [2.24, 2.45) is 5.73 Å². The fraction of sp³-hybridized carbons (Fsp3) is 0.364. The summed E-state index contributed by atoms with van der Waals surface area (Å²) in [5.41, 5.74) is 8.54. The molecule has 0 spiro atoms. The molecule has 6 N–H and O–H groups in total. The summed E-state index contributed by atoms with van der Waals surface area (Å²) in [6, 6.07) is 4.96. The van der Waals surface area contributed by atoms with Crippen molar-refractivity contribution >= 4 is 28.7 Å². The Morgan fingerprint density at radius 3 is 2.81 bits per heavy atom. The van der Waals surface area contributed by atoms with Crippen molar-refractivity contribution in [1.82, 2.24) is 25.2 Å². The number of aliphatic carboxylic acids is 1. The number of nitrogens with one attached hydrogen (secondary N) is 3. The zero-order chi connectivity index (χ0) is 22.7. The number of carbonyl (C=O) groups excluding carboxylic acids is 2. The van der Waals surface area contributed by atoms with Gasteiger partial charge in [0.2, 0.25) is 11.8 Å². The van der Waals surface area contributed by atoms with Crippen molar-refractivity contribution in [2.45, 2.75) is 43.8 Å². The number of likely N-dealkylation sites (tertiary alicyclic amines) is 1. The van der Waals surface area contributed by atoms with Crippen LogP contribution in [-0.4, -0.2) is 67.4 Å². The van der Waals surface area contributed by atoms with E-state index in [0.717, 1.165) is 16.5 Å². The van der Waals surface area contributed by atoms with Gasteiger partial charge < -0.3 is 31.0 Å². The first-order valence-corrected chi connectivity index (χ1v) is 10.6.